The van der Waals surface area contributed by atoms with Gasteiger partial charge in [0.05, 0.1) is 6.04 Å². The number of amides is 1. The lowest BCUT2D eigenvalue weighted by atomic mass is 10.1. The van der Waals surface area contributed by atoms with E-state index in [1.807, 2.05) is 38.2 Å². The topological polar surface area (TPSA) is 42.0 Å². The molecule has 0 aliphatic carbocycles. The van der Waals surface area contributed by atoms with Crippen LogP contribution in [-0.4, -0.2) is 10.9 Å². The lowest BCUT2D eigenvalue weighted by Crippen LogP contribution is -2.26. The van der Waals surface area contributed by atoms with Gasteiger partial charge in [-0.05, 0) is 31.5 Å². The van der Waals surface area contributed by atoms with Crippen molar-refractivity contribution >= 4 is 28.8 Å². The van der Waals surface area contributed by atoms with Gasteiger partial charge < -0.3 is 5.32 Å². The second kappa shape index (κ2) is 6.17. The monoisotopic (exact) mass is 294 g/mol. The first-order chi connectivity index (χ1) is 9.10. The summed E-state index contributed by atoms with van der Waals surface area (Å²) in [4.78, 5) is 17.5. The summed E-state index contributed by atoms with van der Waals surface area (Å²) in [6.07, 6.45) is 1.82. The Balaban J connectivity index is 2.08. The van der Waals surface area contributed by atoms with Gasteiger partial charge in [-0.1, -0.05) is 12.1 Å². The molecule has 100 valence electrons. The number of hydrogen-bond donors (Lipinski definition) is 1. The average Bonchev–Trinajstić information content (AvgIpc) is 2.85. The minimum Gasteiger partial charge on any atom is -0.343 e. The van der Waals surface area contributed by atoms with E-state index >= 15 is 0 Å². The van der Waals surface area contributed by atoms with Gasteiger partial charge >= 0.3 is 0 Å². The van der Waals surface area contributed by atoms with Gasteiger partial charge in [0.1, 0.15) is 5.01 Å². The van der Waals surface area contributed by atoms with Crippen LogP contribution in [0, 0.1) is 6.92 Å². The second-order valence-corrected chi connectivity index (χ2v) is 5.87. The van der Waals surface area contributed by atoms with Gasteiger partial charge in [0, 0.05) is 22.5 Å². The number of nitrogens with one attached hydrogen (secondary N) is 1. The Morgan fingerprint density at radius 1 is 1.53 bits per heavy atom. The minimum atomic E-state index is -0.104. The molecule has 0 saturated heterocycles. The molecular weight excluding hydrogens is 280 g/mol. The fraction of sp³-hybridized carbons (Fsp3) is 0.286. The number of hydrogen-bond acceptors (Lipinski definition) is 3. The van der Waals surface area contributed by atoms with Crippen LogP contribution in [0.5, 0.6) is 0 Å². The molecule has 1 aromatic carbocycles. The zero-order valence-electron chi connectivity index (χ0n) is 10.8. The lowest BCUT2D eigenvalue weighted by Gasteiger charge is -2.11. The highest BCUT2D eigenvalue weighted by molar-refractivity contribution is 7.11. The van der Waals surface area contributed by atoms with Crippen LogP contribution < -0.4 is 5.32 Å². The molecular formula is C14H15ClN2OS. The third-order valence-electron chi connectivity index (χ3n) is 2.70. The molecule has 1 unspecified atom stereocenters. The van der Waals surface area contributed by atoms with Gasteiger partial charge in [-0.15, -0.1) is 22.9 Å². The van der Waals surface area contributed by atoms with E-state index in [0.717, 1.165) is 15.4 Å². The summed E-state index contributed by atoms with van der Waals surface area (Å²) >= 11 is 7.36. The largest absolute Gasteiger partial charge is 0.343 e. The first-order valence-electron chi connectivity index (χ1n) is 5.98. The first kappa shape index (κ1) is 14.0. The molecule has 2 aromatic rings. The number of carbonyl (C=O) groups is 1. The molecule has 3 nitrogen and oxygen atoms in total. The maximum absolute atomic E-state index is 12.1. The van der Waals surface area contributed by atoms with Crippen LogP contribution >= 0.6 is 22.9 Å². The van der Waals surface area contributed by atoms with Crippen molar-refractivity contribution < 1.29 is 4.79 Å². The number of carbonyl (C=O) groups excluding carboxylic acids is 1. The molecule has 0 fully saturated rings. The number of halogens is 1. The summed E-state index contributed by atoms with van der Waals surface area (Å²) in [5, 5.41) is 3.86. The Hall–Kier alpha value is -1.39. The fourth-order valence-corrected chi connectivity index (χ4v) is 2.65. The summed E-state index contributed by atoms with van der Waals surface area (Å²) in [5.74, 6) is 0.301. The maximum atomic E-state index is 12.1. The predicted molar refractivity (Wildman–Crippen MR) is 78.7 cm³/mol. The number of benzene rings is 1. The highest BCUT2D eigenvalue weighted by Crippen LogP contribution is 2.19. The lowest BCUT2D eigenvalue weighted by molar-refractivity contribution is 0.0939. The third-order valence-corrected chi connectivity index (χ3v) is 4.10. The molecule has 0 radical (unpaired) electrons. The molecule has 0 aliphatic heterocycles. The van der Waals surface area contributed by atoms with Gasteiger partial charge in [0.25, 0.3) is 5.91 Å². The van der Waals surface area contributed by atoms with Crippen molar-refractivity contribution in [3.05, 3.63) is 51.5 Å². The first-order valence-corrected chi connectivity index (χ1v) is 7.33. The SMILES string of the molecule is Cc1cnc(C(C)NC(=O)c2cccc(CCl)c2)s1. The molecule has 0 aliphatic rings. The Bertz CT molecular complexity index is 582. The van der Waals surface area contributed by atoms with Gasteiger partial charge in [-0.2, -0.15) is 0 Å². The van der Waals surface area contributed by atoms with E-state index < -0.39 is 0 Å². The standard InChI is InChI=1S/C14H15ClN2OS/c1-9-8-16-14(19-9)10(2)17-13(18)12-5-3-4-11(6-12)7-15/h3-6,8,10H,7H2,1-2H3,(H,17,18). The van der Waals surface area contributed by atoms with E-state index in [9.17, 15) is 4.79 Å². The number of aryl methyl sites for hydroxylation is 1. The molecule has 1 amide bonds. The molecule has 1 aromatic heterocycles. The average molecular weight is 295 g/mol. The Morgan fingerprint density at radius 2 is 2.32 bits per heavy atom. The van der Waals surface area contributed by atoms with Crippen LogP contribution in [-0.2, 0) is 5.88 Å². The van der Waals surface area contributed by atoms with Crippen molar-refractivity contribution in [1.29, 1.82) is 0 Å². The maximum Gasteiger partial charge on any atom is 0.251 e. The summed E-state index contributed by atoms with van der Waals surface area (Å²) in [7, 11) is 0. The Kier molecular flexibility index (Phi) is 4.56. The molecule has 0 saturated carbocycles. The van der Waals surface area contributed by atoms with E-state index in [0.29, 0.717) is 11.4 Å². The Labute approximate surface area is 121 Å². The summed E-state index contributed by atoms with van der Waals surface area (Å²) in [6, 6.07) is 7.24. The van der Waals surface area contributed by atoms with Crippen LogP contribution in [0.4, 0.5) is 0 Å². The zero-order valence-corrected chi connectivity index (χ0v) is 12.4. The van der Waals surface area contributed by atoms with E-state index in [4.69, 9.17) is 11.6 Å². The smallest absolute Gasteiger partial charge is 0.251 e. The van der Waals surface area contributed by atoms with E-state index in [1.54, 1.807) is 17.4 Å². The molecule has 0 spiro atoms. The number of nitrogens with zero attached hydrogens (tertiary/aromatic N) is 1. The summed E-state index contributed by atoms with van der Waals surface area (Å²) < 4.78 is 0. The quantitative estimate of drug-likeness (QED) is 0.874. The van der Waals surface area contributed by atoms with Crippen molar-refractivity contribution in [2.24, 2.45) is 0 Å². The van der Waals surface area contributed by atoms with E-state index in [2.05, 4.69) is 10.3 Å². The number of rotatable bonds is 4. The van der Waals surface area contributed by atoms with Crippen LogP contribution in [0.3, 0.4) is 0 Å². The normalized spacial score (nSPS) is 12.2. The van der Waals surface area contributed by atoms with Gasteiger partial charge in [0.2, 0.25) is 0 Å². The van der Waals surface area contributed by atoms with Crippen molar-refractivity contribution in [1.82, 2.24) is 10.3 Å². The minimum absolute atomic E-state index is 0.0918. The van der Waals surface area contributed by atoms with Crippen LogP contribution in [0.1, 0.15) is 38.8 Å². The van der Waals surface area contributed by atoms with E-state index in [-0.39, 0.29) is 11.9 Å². The number of thiazole rings is 1. The number of aromatic nitrogens is 1. The molecule has 0 bridgehead atoms. The predicted octanol–water partition coefficient (Wildman–Crippen LogP) is 3.68. The summed E-state index contributed by atoms with van der Waals surface area (Å²) in [6.45, 7) is 3.93. The van der Waals surface area contributed by atoms with Crippen LogP contribution in [0.25, 0.3) is 0 Å². The highest BCUT2D eigenvalue weighted by Gasteiger charge is 2.14. The van der Waals surface area contributed by atoms with Crippen molar-refractivity contribution in [2.45, 2.75) is 25.8 Å². The van der Waals surface area contributed by atoms with Crippen molar-refractivity contribution in [2.75, 3.05) is 0 Å². The van der Waals surface area contributed by atoms with Gasteiger partial charge in [-0.25, -0.2) is 4.98 Å². The van der Waals surface area contributed by atoms with Crippen molar-refractivity contribution in [3.63, 3.8) is 0 Å². The molecule has 1 atom stereocenters. The Morgan fingerprint density at radius 3 is 2.95 bits per heavy atom. The van der Waals surface area contributed by atoms with E-state index in [1.165, 1.54) is 0 Å². The fourth-order valence-electron chi connectivity index (χ4n) is 1.71. The van der Waals surface area contributed by atoms with Crippen LogP contribution in [0.2, 0.25) is 0 Å². The molecule has 1 N–H and O–H groups in total. The van der Waals surface area contributed by atoms with Gasteiger partial charge in [-0.3, -0.25) is 4.79 Å². The molecule has 2 rings (SSSR count). The molecule has 1 heterocycles. The number of alkyl halides is 1. The second-order valence-electron chi connectivity index (χ2n) is 4.34. The summed E-state index contributed by atoms with van der Waals surface area (Å²) in [5.41, 5.74) is 1.56. The molecule has 5 heteroatoms. The third kappa shape index (κ3) is 3.55. The highest BCUT2D eigenvalue weighted by atomic mass is 35.5. The zero-order chi connectivity index (χ0) is 13.8. The molecule has 19 heavy (non-hydrogen) atoms. The van der Waals surface area contributed by atoms with Gasteiger partial charge in [0.15, 0.2) is 0 Å². The van der Waals surface area contributed by atoms with Crippen LogP contribution in [0.15, 0.2) is 30.5 Å². The van der Waals surface area contributed by atoms with Crippen molar-refractivity contribution in [3.8, 4) is 0 Å².